The summed E-state index contributed by atoms with van der Waals surface area (Å²) in [5.74, 6) is 1.40. The van der Waals surface area contributed by atoms with E-state index in [-0.39, 0.29) is 11.9 Å². The van der Waals surface area contributed by atoms with Crippen molar-refractivity contribution < 1.29 is 4.39 Å². The lowest BCUT2D eigenvalue weighted by Gasteiger charge is -2.27. The zero-order valence-electron chi connectivity index (χ0n) is 11.8. The Hall–Kier alpha value is -1.97. The first-order valence-electron chi connectivity index (χ1n) is 6.99. The number of halogens is 1. The van der Waals surface area contributed by atoms with Crippen molar-refractivity contribution in [2.75, 3.05) is 5.32 Å². The molecule has 1 atom stereocenters. The van der Waals surface area contributed by atoms with Gasteiger partial charge in [0.25, 0.3) is 0 Å². The average Bonchev–Trinajstić information content (AvgIpc) is 2.38. The van der Waals surface area contributed by atoms with Gasteiger partial charge in [-0.15, -0.1) is 0 Å². The molecule has 1 aromatic heterocycles. The first-order chi connectivity index (χ1) is 9.61. The summed E-state index contributed by atoms with van der Waals surface area (Å²) in [5.41, 5.74) is 3.23. The summed E-state index contributed by atoms with van der Waals surface area (Å²) in [7, 11) is 0. The summed E-state index contributed by atoms with van der Waals surface area (Å²) in [6.45, 7) is 3.83. The van der Waals surface area contributed by atoms with Crippen LogP contribution < -0.4 is 5.32 Å². The second-order valence-electron chi connectivity index (χ2n) is 5.37. The highest BCUT2D eigenvalue weighted by Gasteiger charge is 2.21. The predicted molar refractivity (Wildman–Crippen MR) is 77.2 cm³/mol. The van der Waals surface area contributed by atoms with E-state index in [2.05, 4.69) is 15.3 Å². The molecule has 1 aliphatic rings. The molecule has 1 heterocycles. The van der Waals surface area contributed by atoms with Crippen molar-refractivity contribution in [3.63, 3.8) is 0 Å². The molecule has 4 heteroatoms. The van der Waals surface area contributed by atoms with Gasteiger partial charge in [-0.25, -0.2) is 14.4 Å². The van der Waals surface area contributed by atoms with Crippen LogP contribution in [-0.4, -0.2) is 9.97 Å². The van der Waals surface area contributed by atoms with E-state index >= 15 is 0 Å². The molecule has 0 saturated carbocycles. The summed E-state index contributed by atoms with van der Waals surface area (Å²) in [6, 6.07) is 7.14. The summed E-state index contributed by atoms with van der Waals surface area (Å²) >= 11 is 0. The van der Waals surface area contributed by atoms with Gasteiger partial charge in [-0.2, -0.15) is 0 Å². The van der Waals surface area contributed by atoms with Crippen LogP contribution in [0.3, 0.4) is 0 Å². The number of hydrogen-bond donors (Lipinski definition) is 1. The molecule has 3 rings (SSSR count). The minimum Gasteiger partial charge on any atom is -0.363 e. The molecule has 20 heavy (non-hydrogen) atoms. The Morgan fingerprint density at radius 1 is 1.20 bits per heavy atom. The van der Waals surface area contributed by atoms with Crippen molar-refractivity contribution in [3.8, 4) is 0 Å². The van der Waals surface area contributed by atoms with Crippen LogP contribution in [-0.2, 0) is 6.42 Å². The van der Waals surface area contributed by atoms with Crippen LogP contribution in [0.2, 0.25) is 0 Å². The van der Waals surface area contributed by atoms with E-state index in [0.29, 0.717) is 0 Å². The lowest BCUT2D eigenvalue weighted by molar-refractivity contribution is 0.578. The molecular formula is C16H18FN3. The molecule has 0 saturated heterocycles. The molecule has 0 radical (unpaired) electrons. The van der Waals surface area contributed by atoms with Gasteiger partial charge < -0.3 is 5.32 Å². The van der Waals surface area contributed by atoms with Gasteiger partial charge in [-0.05, 0) is 56.4 Å². The maximum Gasteiger partial charge on any atom is 0.130 e. The monoisotopic (exact) mass is 271 g/mol. The third-order valence-electron chi connectivity index (χ3n) is 3.71. The Bertz CT molecular complexity index is 619. The van der Waals surface area contributed by atoms with Gasteiger partial charge in [-0.1, -0.05) is 6.07 Å². The van der Waals surface area contributed by atoms with Crippen LogP contribution in [0, 0.1) is 19.7 Å². The summed E-state index contributed by atoms with van der Waals surface area (Å²) < 4.78 is 13.5. The number of nitrogens with zero attached hydrogens (tertiary/aromatic N) is 2. The van der Waals surface area contributed by atoms with Gasteiger partial charge >= 0.3 is 0 Å². The molecule has 104 valence electrons. The topological polar surface area (TPSA) is 37.8 Å². The lowest BCUT2D eigenvalue weighted by atomic mass is 9.87. The Morgan fingerprint density at radius 2 is 2.05 bits per heavy atom. The number of aryl methyl sites for hydroxylation is 3. The van der Waals surface area contributed by atoms with Crippen LogP contribution >= 0.6 is 0 Å². The van der Waals surface area contributed by atoms with Crippen LogP contribution in [0.25, 0.3) is 0 Å². The fraction of sp³-hybridized carbons (Fsp3) is 0.375. The SMILES string of the molecule is Cc1cc(NC2CCCc3ccc(F)cc32)nc(C)n1. The fourth-order valence-corrected chi connectivity index (χ4v) is 2.89. The second kappa shape index (κ2) is 5.19. The Labute approximate surface area is 118 Å². The number of aromatic nitrogens is 2. The number of nitrogens with one attached hydrogen (secondary N) is 1. The van der Waals surface area contributed by atoms with Crippen molar-refractivity contribution in [2.24, 2.45) is 0 Å². The molecule has 0 amide bonds. The predicted octanol–water partition coefficient (Wildman–Crippen LogP) is 3.72. The fourth-order valence-electron chi connectivity index (χ4n) is 2.89. The lowest BCUT2D eigenvalue weighted by Crippen LogP contribution is -2.18. The van der Waals surface area contributed by atoms with Crippen molar-refractivity contribution in [3.05, 3.63) is 52.7 Å². The van der Waals surface area contributed by atoms with E-state index in [0.717, 1.165) is 42.2 Å². The van der Waals surface area contributed by atoms with E-state index in [1.165, 1.54) is 5.56 Å². The van der Waals surface area contributed by atoms with E-state index in [9.17, 15) is 4.39 Å². The second-order valence-corrected chi connectivity index (χ2v) is 5.37. The van der Waals surface area contributed by atoms with E-state index in [1.54, 1.807) is 12.1 Å². The van der Waals surface area contributed by atoms with Gasteiger partial charge in [0.2, 0.25) is 0 Å². The van der Waals surface area contributed by atoms with Gasteiger partial charge in [-0.3, -0.25) is 0 Å². The molecule has 1 unspecified atom stereocenters. The first kappa shape index (κ1) is 13.0. The van der Waals surface area contributed by atoms with Crippen molar-refractivity contribution in [2.45, 2.75) is 39.2 Å². The molecule has 0 aliphatic heterocycles. The average molecular weight is 271 g/mol. The van der Waals surface area contributed by atoms with Gasteiger partial charge in [0.1, 0.15) is 17.5 Å². The number of benzene rings is 1. The van der Waals surface area contributed by atoms with Gasteiger partial charge in [0, 0.05) is 11.8 Å². The van der Waals surface area contributed by atoms with E-state index in [4.69, 9.17) is 0 Å². The first-order valence-corrected chi connectivity index (χ1v) is 6.99. The molecule has 0 fully saturated rings. The summed E-state index contributed by atoms with van der Waals surface area (Å²) in [6.07, 6.45) is 3.13. The van der Waals surface area contributed by atoms with Gasteiger partial charge in [0.15, 0.2) is 0 Å². The minimum atomic E-state index is -0.174. The third-order valence-corrected chi connectivity index (χ3v) is 3.71. The van der Waals surface area contributed by atoms with Crippen LogP contribution in [0.4, 0.5) is 10.2 Å². The zero-order chi connectivity index (χ0) is 14.1. The van der Waals surface area contributed by atoms with Crippen molar-refractivity contribution in [1.82, 2.24) is 9.97 Å². The normalized spacial score (nSPS) is 17.6. The van der Waals surface area contributed by atoms with Crippen LogP contribution in [0.5, 0.6) is 0 Å². The molecular weight excluding hydrogens is 253 g/mol. The molecule has 3 nitrogen and oxygen atoms in total. The third kappa shape index (κ3) is 2.64. The molecule has 1 aromatic carbocycles. The molecule has 1 aliphatic carbocycles. The number of fused-ring (bicyclic) bond motifs is 1. The minimum absolute atomic E-state index is 0.128. The van der Waals surface area contributed by atoms with E-state index in [1.807, 2.05) is 26.0 Å². The molecule has 0 bridgehead atoms. The van der Waals surface area contributed by atoms with Gasteiger partial charge in [0.05, 0.1) is 6.04 Å². The Balaban J connectivity index is 1.91. The number of rotatable bonds is 2. The van der Waals surface area contributed by atoms with Crippen molar-refractivity contribution >= 4 is 5.82 Å². The molecule has 0 spiro atoms. The quantitative estimate of drug-likeness (QED) is 0.904. The molecule has 2 aromatic rings. The highest BCUT2D eigenvalue weighted by atomic mass is 19.1. The summed E-state index contributed by atoms with van der Waals surface area (Å²) in [5, 5.41) is 3.43. The number of anilines is 1. The highest BCUT2D eigenvalue weighted by molar-refractivity contribution is 5.43. The number of hydrogen-bond acceptors (Lipinski definition) is 3. The Kier molecular flexibility index (Phi) is 3.38. The Morgan fingerprint density at radius 3 is 2.85 bits per heavy atom. The zero-order valence-corrected chi connectivity index (χ0v) is 11.8. The van der Waals surface area contributed by atoms with Crippen LogP contribution in [0.15, 0.2) is 24.3 Å². The van der Waals surface area contributed by atoms with Crippen molar-refractivity contribution in [1.29, 1.82) is 0 Å². The molecule has 1 N–H and O–H groups in total. The standard InChI is InChI=1S/C16H18FN3/c1-10-8-16(19-11(2)18-10)20-15-5-3-4-12-6-7-13(17)9-14(12)15/h6-9,15H,3-5H2,1-2H3,(H,18,19,20). The smallest absolute Gasteiger partial charge is 0.130 e. The largest absolute Gasteiger partial charge is 0.363 e. The summed E-state index contributed by atoms with van der Waals surface area (Å²) in [4.78, 5) is 8.68. The van der Waals surface area contributed by atoms with Crippen LogP contribution in [0.1, 0.15) is 41.5 Å². The highest BCUT2D eigenvalue weighted by Crippen LogP contribution is 2.32. The van der Waals surface area contributed by atoms with E-state index < -0.39 is 0 Å². The maximum absolute atomic E-state index is 13.5. The maximum atomic E-state index is 13.5.